The minimum Gasteiger partial charge on any atom is -0.444 e. The molecule has 0 bridgehead atoms. The van der Waals surface area contributed by atoms with Crippen molar-refractivity contribution >= 4 is 11.9 Å². The maximum atomic E-state index is 13.0. The third kappa shape index (κ3) is 7.08. The number of oxazole rings is 1. The van der Waals surface area contributed by atoms with Gasteiger partial charge in [0.05, 0.1) is 12.2 Å². The lowest BCUT2D eigenvalue weighted by Gasteiger charge is -2.21. The summed E-state index contributed by atoms with van der Waals surface area (Å²) in [6, 6.07) is 5.98. The summed E-state index contributed by atoms with van der Waals surface area (Å²) in [5, 5.41) is 8.95. The second-order valence-electron chi connectivity index (χ2n) is 7.05. The summed E-state index contributed by atoms with van der Waals surface area (Å²) in [7, 11) is 1.64. The van der Waals surface area contributed by atoms with Crippen molar-refractivity contribution in [1.82, 2.24) is 20.9 Å². The van der Waals surface area contributed by atoms with Crippen LogP contribution in [0.3, 0.4) is 0 Å². The number of aliphatic imine (C=N–C) groups is 1. The SMILES string of the molecule is CN=C(NCCc1coc(-c2ccc(F)cc2)n1)NCC(=O)NC(C)(C)C. The number of carbonyl (C=O) groups excluding carboxylic acids is 1. The average molecular weight is 375 g/mol. The van der Waals surface area contributed by atoms with Crippen molar-refractivity contribution in [2.45, 2.75) is 32.7 Å². The number of hydrogen-bond donors (Lipinski definition) is 3. The average Bonchev–Trinajstić information content (AvgIpc) is 3.06. The monoisotopic (exact) mass is 375 g/mol. The molecule has 146 valence electrons. The molecule has 0 saturated carbocycles. The molecule has 3 N–H and O–H groups in total. The second-order valence-corrected chi connectivity index (χ2v) is 7.05. The van der Waals surface area contributed by atoms with Gasteiger partial charge in [-0.2, -0.15) is 0 Å². The normalized spacial score (nSPS) is 12.0. The molecule has 0 saturated heterocycles. The van der Waals surface area contributed by atoms with Crippen LogP contribution in [0.2, 0.25) is 0 Å². The van der Waals surface area contributed by atoms with E-state index >= 15 is 0 Å². The second kappa shape index (κ2) is 9.16. The quantitative estimate of drug-likeness (QED) is 0.531. The van der Waals surface area contributed by atoms with Gasteiger partial charge in [0.15, 0.2) is 5.96 Å². The van der Waals surface area contributed by atoms with E-state index in [1.165, 1.54) is 12.1 Å². The molecule has 0 aliphatic carbocycles. The van der Waals surface area contributed by atoms with Gasteiger partial charge in [0.25, 0.3) is 0 Å². The van der Waals surface area contributed by atoms with Crippen molar-refractivity contribution < 1.29 is 13.6 Å². The van der Waals surface area contributed by atoms with Crippen LogP contribution >= 0.6 is 0 Å². The number of guanidine groups is 1. The molecule has 7 nitrogen and oxygen atoms in total. The number of amides is 1. The highest BCUT2D eigenvalue weighted by atomic mass is 19.1. The number of carbonyl (C=O) groups is 1. The zero-order chi connectivity index (χ0) is 19.9. The van der Waals surface area contributed by atoms with Gasteiger partial charge in [0, 0.05) is 31.1 Å². The third-order valence-corrected chi connectivity index (χ3v) is 3.47. The molecule has 1 amide bonds. The van der Waals surface area contributed by atoms with Crippen molar-refractivity contribution in [2.75, 3.05) is 20.1 Å². The molecule has 0 aliphatic rings. The Balaban J connectivity index is 1.78. The molecule has 1 aromatic carbocycles. The predicted octanol–water partition coefficient (Wildman–Crippen LogP) is 2.10. The summed E-state index contributed by atoms with van der Waals surface area (Å²) in [6.45, 7) is 6.48. The minimum absolute atomic E-state index is 0.106. The van der Waals surface area contributed by atoms with E-state index in [4.69, 9.17) is 4.42 Å². The van der Waals surface area contributed by atoms with Crippen LogP contribution in [0.5, 0.6) is 0 Å². The van der Waals surface area contributed by atoms with Crippen LogP contribution < -0.4 is 16.0 Å². The van der Waals surface area contributed by atoms with Crippen LogP contribution in [-0.2, 0) is 11.2 Å². The fraction of sp³-hybridized carbons (Fsp3) is 0.421. The van der Waals surface area contributed by atoms with Crippen LogP contribution in [0.4, 0.5) is 4.39 Å². The first kappa shape index (κ1) is 20.4. The van der Waals surface area contributed by atoms with Crippen LogP contribution in [0, 0.1) is 5.82 Å². The van der Waals surface area contributed by atoms with Gasteiger partial charge in [0.2, 0.25) is 11.8 Å². The molecule has 8 heteroatoms. The topological polar surface area (TPSA) is 91.6 Å². The van der Waals surface area contributed by atoms with Gasteiger partial charge in [-0.25, -0.2) is 9.37 Å². The van der Waals surface area contributed by atoms with Gasteiger partial charge in [-0.3, -0.25) is 9.79 Å². The van der Waals surface area contributed by atoms with Crippen molar-refractivity contribution in [3.05, 3.63) is 42.0 Å². The molecule has 0 atom stereocenters. The Morgan fingerprint density at radius 2 is 1.93 bits per heavy atom. The van der Waals surface area contributed by atoms with Gasteiger partial charge in [-0.15, -0.1) is 0 Å². The van der Waals surface area contributed by atoms with E-state index in [0.717, 1.165) is 11.3 Å². The summed E-state index contributed by atoms with van der Waals surface area (Å²) in [5.41, 5.74) is 1.21. The van der Waals surface area contributed by atoms with Crippen molar-refractivity contribution in [2.24, 2.45) is 4.99 Å². The maximum Gasteiger partial charge on any atom is 0.239 e. The lowest BCUT2D eigenvalue weighted by molar-refractivity contribution is -0.121. The van der Waals surface area contributed by atoms with E-state index in [9.17, 15) is 9.18 Å². The fourth-order valence-corrected chi connectivity index (χ4v) is 2.30. The van der Waals surface area contributed by atoms with Crippen molar-refractivity contribution in [3.63, 3.8) is 0 Å². The molecule has 0 aliphatic heterocycles. The lowest BCUT2D eigenvalue weighted by Crippen LogP contribution is -2.48. The predicted molar refractivity (Wildman–Crippen MR) is 103 cm³/mol. The number of halogens is 1. The fourth-order valence-electron chi connectivity index (χ4n) is 2.30. The molecule has 0 spiro atoms. The lowest BCUT2D eigenvalue weighted by atomic mass is 10.1. The number of aromatic nitrogens is 1. The first-order chi connectivity index (χ1) is 12.8. The molecule has 0 radical (unpaired) electrons. The summed E-state index contributed by atoms with van der Waals surface area (Å²) in [6.07, 6.45) is 2.19. The van der Waals surface area contributed by atoms with Crippen LogP contribution in [0.15, 0.2) is 39.9 Å². The number of nitrogens with one attached hydrogen (secondary N) is 3. The molecule has 2 aromatic rings. The summed E-state index contributed by atoms with van der Waals surface area (Å²) >= 11 is 0. The molecule has 27 heavy (non-hydrogen) atoms. The molecule has 0 unspecified atom stereocenters. The third-order valence-electron chi connectivity index (χ3n) is 3.47. The number of nitrogens with zero attached hydrogens (tertiary/aromatic N) is 2. The Labute approximate surface area is 158 Å². The van der Waals surface area contributed by atoms with E-state index in [-0.39, 0.29) is 23.8 Å². The summed E-state index contributed by atoms with van der Waals surface area (Å²) < 4.78 is 18.4. The number of benzene rings is 1. The van der Waals surface area contributed by atoms with Gasteiger partial charge in [-0.05, 0) is 45.0 Å². The Morgan fingerprint density at radius 3 is 2.56 bits per heavy atom. The minimum atomic E-state index is -0.301. The van der Waals surface area contributed by atoms with Crippen LogP contribution in [-0.4, -0.2) is 42.5 Å². The number of hydrogen-bond acceptors (Lipinski definition) is 4. The van der Waals surface area contributed by atoms with Crippen LogP contribution in [0.1, 0.15) is 26.5 Å². The van der Waals surface area contributed by atoms with Crippen molar-refractivity contribution in [1.29, 1.82) is 0 Å². The molecule has 1 aromatic heterocycles. The zero-order valence-electron chi connectivity index (χ0n) is 16.1. The molecular weight excluding hydrogens is 349 g/mol. The van der Waals surface area contributed by atoms with Gasteiger partial charge in [-0.1, -0.05) is 0 Å². The summed E-state index contributed by atoms with van der Waals surface area (Å²) in [5.74, 6) is 0.573. The van der Waals surface area contributed by atoms with E-state index in [1.807, 2.05) is 20.8 Å². The van der Waals surface area contributed by atoms with E-state index < -0.39 is 0 Å². The Bertz CT molecular complexity index is 778. The van der Waals surface area contributed by atoms with E-state index in [2.05, 4.69) is 25.9 Å². The highest BCUT2D eigenvalue weighted by Crippen LogP contribution is 2.18. The smallest absolute Gasteiger partial charge is 0.239 e. The zero-order valence-corrected chi connectivity index (χ0v) is 16.1. The molecule has 0 fully saturated rings. The van der Waals surface area contributed by atoms with Gasteiger partial charge in [0.1, 0.15) is 12.1 Å². The van der Waals surface area contributed by atoms with E-state index in [1.54, 1.807) is 25.4 Å². The first-order valence-electron chi connectivity index (χ1n) is 8.73. The molecule has 2 rings (SSSR count). The maximum absolute atomic E-state index is 13.0. The first-order valence-corrected chi connectivity index (χ1v) is 8.73. The number of rotatable bonds is 6. The Kier molecular flexibility index (Phi) is 6.92. The van der Waals surface area contributed by atoms with Crippen molar-refractivity contribution in [3.8, 4) is 11.5 Å². The van der Waals surface area contributed by atoms with Crippen LogP contribution in [0.25, 0.3) is 11.5 Å². The Hall–Kier alpha value is -2.90. The highest BCUT2D eigenvalue weighted by molar-refractivity contribution is 5.86. The molecular formula is C19H26FN5O2. The van der Waals surface area contributed by atoms with Gasteiger partial charge >= 0.3 is 0 Å². The molecule has 1 heterocycles. The van der Waals surface area contributed by atoms with E-state index in [0.29, 0.717) is 24.8 Å². The highest BCUT2D eigenvalue weighted by Gasteiger charge is 2.13. The standard InChI is InChI=1S/C19H26FN5O2/c1-19(2,3)25-16(26)11-23-18(21-4)22-10-9-15-12-27-17(24-15)13-5-7-14(20)8-6-13/h5-8,12H,9-11H2,1-4H3,(H,25,26)(H2,21,22,23). The summed E-state index contributed by atoms with van der Waals surface area (Å²) in [4.78, 5) is 20.3. The Morgan fingerprint density at radius 1 is 1.22 bits per heavy atom. The largest absolute Gasteiger partial charge is 0.444 e. The van der Waals surface area contributed by atoms with Gasteiger partial charge < -0.3 is 20.4 Å².